The molecular formula is C24H28N2O2. The average Bonchev–Trinajstić information content (AvgIpc) is 3.32. The molecule has 2 aromatic rings. The molecule has 0 saturated carbocycles. The van der Waals surface area contributed by atoms with E-state index in [-0.39, 0.29) is 5.91 Å². The van der Waals surface area contributed by atoms with Crippen molar-refractivity contribution in [2.24, 2.45) is 0 Å². The SMILES string of the molecule is O=C1CCc2cc(C(O)CCCCN3Cc4ccccc4C3)cc3c2N1CC3. The molecule has 0 saturated heterocycles. The largest absolute Gasteiger partial charge is 0.388 e. The third kappa shape index (κ3) is 3.25. The van der Waals surface area contributed by atoms with Gasteiger partial charge in [0.2, 0.25) is 5.91 Å². The van der Waals surface area contributed by atoms with Crippen LogP contribution in [0.25, 0.3) is 0 Å². The van der Waals surface area contributed by atoms with Crippen LogP contribution < -0.4 is 4.90 Å². The molecular weight excluding hydrogens is 348 g/mol. The van der Waals surface area contributed by atoms with Gasteiger partial charge < -0.3 is 10.0 Å². The molecule has 0 bridgehead atoms. The number of rotatable bonds is 6. The molecule has 1 amide bonds. The molecule has 5 rings (SSSR count). The molecule has 0 fully saturated rings. The molecule has 0 radical (unpaired) electrons. The van der Waals surface area contributed by atoms with Crippen LogP contribution in [0.2, 0.25) is 0 Å². The zero-order valence-corrected chi connectivity index (χ0v) is 16.4. The number of hydrogen-bond acceptors (Lipinski definition) is 3. The van der Waals surface area contributed by atoms with E-state index in [1.807, 2.05) is 4.90 Å². The first-order valence-corrected chi connectivity index (χ1v) is 10.6. The lowest BCUT2D eigenvalue weighted by Crippen LogP contribution is -2.32. The van der Waals surface area contributed by atoms with Crippen molar-refractivity contribution in [3.05, 3.63) is 64.2 Å². The predicted octanol–water partition coefficient (Wildman–Crippen LogP) is 3.74. The quantitative estimate of drug-likeness (QED) is 0.781. The summed E-state index contributed by atoms with van der Waals surface area (Å²) in [6, 6.07) is 13.0. The molecule has 3 aliphatic heterocycles. The molecule has 0 spiro atoms. The fraction of sp³-hybridized carbons (Fsp3) is 0.458. The Bertz CT molecular complexity index is 882. The van der Waals surface area contributed by atoms with Crippen molar-refractivity contribution in [2.45, 2.75) is 57.7 Å². The van der Waals surface area contributed by atoms with Crippen LogP contribution in [0.1, 0.15) is 59.6 Å². The molecule has 1 unspecified atom stereocenters. The van der Waals surface area contributed by atoms with Gasteiger partial charge in [-0.1, -0.05) is 36.4 Å². The van der Waals surface area contributed by atoms with Crippen LogP contribution in [0.5, 0.6) is 0 Å². The maximum atomic E-state index is 12.1. The van der Waals surface area contributed by atoms with E-state index in [2.05, 4.69) is 41.3 Å². The number of fused-ring (bicyclic) bond motifs is 1. The third-order valence-corrected chi connectivity index (χ3v) is 6.57. The molecule has 4 heteroatoms. The highest BCUT2D eigenvalue weighted by Gasteiger charge is 2.31. The minimum Gasteiger partial charge on any atom is -0.388 e. The summed E-state index contributed by atoms with van der Waals surface area (Å²) >= 11 is 0. The number of aliphatic hydroxyl groups excluding tert-OH is 1. The van der Waals surface area contributed by atoms with E-state index < -0.39 is 6.10 Å². The molecule has 146 valence electrons. The zero-order chi connectivity index (χ0) is 19.1. The number of carbonyl (C=O) groups is 1. The second-order valence-electron chi connectivity index (χ2n) is 8.47. The van der Waals surface area contributed by atoms with Crippen molar-refractivity contribution in [2.75, 3.05) is 18.0 Å². The summed E-state index contributed by atoms with van der Waals surface area (Å²) in [6.45, 7) is 4.01. The third-order valence-electron chi connectivity index (χ3n) is 6.57. The first kappa shape index (κ1) is 17.9. The number of aryl methyl sites for hydroxylation is 1. The molecule has 0 aliphatic carbocycles. The summed E-state index contributed by atoms with van der Waals surface area (Å²) in [5.74, 6) is 0.253. The van der Waals surface area contributed by atoms with E-state index in [1.54, 1.807) is 0 Å². The van der Waals surface area contributed by atoms with Gasteiger partial charge in [0.05, 0.1) is 11.8 Å². The first-order valence-electron chi connectivity index (χ1n) is 10.6. The van der Waals surface area contributed by atoms with Crippen molar-refractivity contribution < 1.29 is 9.90 Å². The zero-order valence-electron chi connectivity index (χ0n) is 16.4. The van der Waals surface area contributed by atoms with Gasteiger partial charge in [0, 0.05) is 26.1 Å². The van der Waals surface area contributed by atoms with Crippen molar-refractivity contribution in [1.82, 2.24) is 4.90 Å². The van der Waals surface area contributed by atoms with Crippen LogP contribution in [0.4, 0.5) is 5.69 Å². The molecule has 0 aromatic heterocycles. The fourth-order valence-corrected chi connectivity index (χ4v) is 5.08. The topological polar surface area (TPSA) is 43.8 Å². The Hall–Kier alpha value is -2.17. The van der Waals surface area contributed by atoms with Crippen molar-refractivity contribution in [3.8, 4) is 0 Å². The van der Waals surface area contributed by atoms with Crippen LogP contribution in [0.15, 0.2) is 36.4 Å². The van der Waals surface area contributed by atoms with Crippen LogP contribution in [-0.2, 0) is 30.7 Å². The lowest BCUT2D eigenvalue weighted by molar-refractivity contribution is -0.118. The van der Waals surface area contributed by atoms with Gasteiger partial charge in [-0.05, 0) is 66.5 Å². The van der Waals surface area contributed by atoms with Crippen LogP contribution in [0.3, 0.4) is 0 Å². The smallest absolute Gasteiger partial charge is 0.227 e. The van der Waals surface area contributed by atoms with Gasteiger partial charge >= 0.3 is 0 Å². The number of nitrogens with zero attached hydrogens (tertiary/aromatic N) is 2. The van der Waals surface area contributed by atoms with E-state index in [4.69, 9.17) is 0 Å². The summed E-state index contributed by atoms with van der Waals surface area (Å²) in [5, 5.41) is 10.7. The van der Waals surface area contributed by atoms with Gasteiger partial charge in [-0.2, -0.15) is 0 Å². The number of anilines is 1. The van der Waals surface area contributed by atoms with E-state index in [1.165, 1.54) is 22.3 Å². The number of carbonyl (C=O) groups excluding carboxylic acids is 1. The summed E-state index contributed by atoms with van der Waals surface area (Å²) < 4.78 is 0. The summed E-state index contributed by atoms with van der Waals surface area (Å²) in [4.78, 5) is 16.5. The van der Waals surface area contributed by atoms with Gasteiger partial charge in [-0.25, -0.2) is 0 Å². The van der Waals surface area contributed by atoms with Gasteiger partial charge in [0.25, 0.3) is 0 Å². The minimum absolute atomic E-state index is 0.253. The Labute approximate surface area is 166 Å². The summed E-state index contributed by atoms with van der Waals surface area (Å²) in [7, 11) is 0. The molecule has 2 aromatic carbocycles. The second-order valence-corrected chi connectivity index (χ2v) is 8.47. The average molecular weight is 377 g/mol. The maximum absolute atomic E-state index is 12.1. The van der Waals surface area contributed by atoms with Crippen molar-refractivity contribution in [3.63, 3.8) is 0 Å². The molecule has 4 nitrogen and oxygen atoms in total. The number of amides is 1. The van der Waals surface area contributed by atoms with Gasteiger partial charge in [-0.15, -0.1) is 0 Å². The Kier molecular flexibility index (Phi) is 4.69. The number of benzene rings is 2. The Morgan fingerprint density at radius 3 is 2.39 bits per heavy atom. The lowest BCUT2D eigenvalue weighted by atomic mass is 9.93. The number of hydrogen-bond donors (Lipinski definition) is 1. The highest BCUT2D eigenvalue weighted by Crippen LogP contribution is 2.39. The molecule has 3 heterocycles. The monoisotopic (exact) mass is 376 g/mol. The van der Waals surface area contributed by atoms with Crippen LogP contribution in [0, 0.1) is 0 Å². The van der Waals surface area contributed by atoms with Gasteiger partial charge in [-0.3, -0.25) is 9.69 Å². The van der Waals surface area contributed by atoms with Crippen molar-refractivity contribution in [1.29, 1.82) is 0 Å². The highest BCUT2D eigenvalue weighted by molar-refractivity contribution is 5.98. The predicted molar refractivity (Wildman–Crippen MR) is 110 cm³/mol. The Balaban J connectivity index is 1.15. The lowest BCUT2D eigenvalue weighted by Gasteiger charge is -2.26. The summed E-state index contributed by atoms with van der Waals surface area (Å²) in [5.41, 5.74) is 7.59. The molecule has 28 heavy (non-hydrogen) atoms. The van der Waals surface area contributed by atoms with E-state index >= 15 is 0 Å². The summed E-state index contributed by atoms with van der Waals surface area (Å²) in [6.07, 6.45) is 4.89. The molecule has 1 N–H and O–H groups in total. The molecule has 1 atom stereocenters. The molecule has 3 aliphatic rings. The standard InChI is InChI=1S/C24H28N2O2/c27-22(7-3-4-11-25-15-19-5-1-2-6-20(19)16-25)21-13-17-8-9-23(28)26-12-10-18(14-21)24(17)26/h1-2,5-6,13-14,22,27H,3-4,7-12,15-16H2. The minimum atomic E-state index is -0.399. The van der Waals surface area contributed by atoms with E-state index in [0.29, 0.717) is 6.42 Å². The first-order chi connectivity index (χ1) is 13.7. The Morgan fingerprint density at radius 1 is 0.929 bits per heavy atom. The van der Waals surface area contributed by atoms with E-state index in [0.717, 1.165) is 69.5 Å². The highest BCUT2D eigenvalue weighted by atomic mass is 16.3. The number of unbranched alkanes of at least 4 members (excludes halogenated alkanes) is 1. The normalized spacial score (nSPS) is 19.0. The van der Waals surface area contributed by atoms with E-state index in [9.17, 15) is 9.90 Å². The van der Waals surface area contributed by atoms with Crippen LogP contribution in [-0.4, -0.2) is 29.0 Å². The second kappa shape index (κ2) is 7.34. The van der Waals surface area contributed by atoms with Crippen LogP contribution >= 0.6 is 0 Å². The Morgan fingerprint density at radius 2 is 1.64 bits per heavy atom. The maximum Gasteiger partial charge on any atom is 0.227 e. The number of aliphatic hydroxyl groups is 1. The van der Waals surface area contributed by atoms with Crippen molar-refractivity contribution >= 4 is 11.6 Å². The fourth-order valence-electron chi connectivity index (χ4n) is 5.08. The van der Waals surface area contributed by atoms with Gasteiger partial charge in [0.15, 0.2) is 0 Å². The van der Waals surface area contributed by atoms with Gasteiger partial charge in [0.1, 0.15) is 0 Å².